The molecule has 0 fully saturated rings. The van der Waals surface area contributed by atoms with Crippen molar-refractivity contribution < 1.29 is 14.8 Å². The number of nitro benzene ring substituents is 3. The lowest BCUT2D eigenvalue weighted by molar-refractivity contribution is -0.385. The largest absolute Gasteiger partial charge is 0.354 e. The van der Waals surface area contributed by atoms with E-state index in [1.54, 1.807) is 48.6 Å². The van der Waals surface area contributed by atoms with Crippen LogP contribution in [-0.4, -0.2) is 29.7 Å². The number of aromatic nitrogens is 3. The van der Waals surface area contributed by atoms with Crippen molar-refractivity contribution in [2.45, 2.75) is 0 Å². The number of benzene rings is 3. The summed E-state index contributed by atoms with van der Waals surface area (Å²) in [7, 11) is 0. The van der Waals surface area contributed by atoms with Crippen LogP contribution in [-0.2, 0) is 0 Å². The Morgan fingerprint density at radius 3 is 1.16 bits per heavy atom. The summed E-state index contributed by atoms with van der Waals surface area (Å²) in [6.45, 7) is 0. The van der Waals surface area contributed by atoms with Gasteiger partial charge in [0.25, 0.3) is 17.1 Å². The monoisotopic (exact) mass is 596 g/mol. The van der Waals surface area contributed by atoms with E-state index in [0.29, 0.717) is 66.8 Å². The van der Waals surface area contributed by atoms with Gasteiger partial charge in [0.05, 0.1) is 26.2 Å². The number of hydrogen-bond acceptors (Lipinski definition) is 7. The molecule has 0 unspecified atom stereocenters. The lowest BCUT2D eigenvalue weighted by Gasteiger charge is -2.07. The smallest absolute Gasteiger partial charge is 0.270 e. The lowest BCUT2D eigenvalue weighted by atomic mass is 10.0. The zero-order chi connectivity index (χ0) is 31.2. The highest BCUT2D eigenvalue weighted by atomic mass is 16.6. The van der Waals surface area contributed by atoms with E-state index in [1.165, 1.54) is 36.4 Å². The minimum absolute atomic E-state index is 0.0791. The predicted octanol–water partition coefficient (Wildman–Crippen LogP) is 8.38. The average Bonchev–Trinajstić information content (AvgIpc) is 3.81. The molecule has 1 aliphatic rings. The van der Waals surface area contributed by atoms with Gasteiger partial charge >= 0.3 is 0 Å². The molecule has 3 aromatic carbocycles. The molecule has 0 radical (unpaired) electrons. The Labute approximate surface area is 253 Å². The summed E-state index contributed by atoms with van der Waals surface area (Å²) in [5.74, 6) is 0. The number of aromatic amines is 2. The molecule has 7 rings (SSSR count). The Bertz CT molecular complexity index is 2210. The third kappa shape index (κ3) is 4.81. The Kier molecular flexibility index (Phi) is 6.36. The van der Waals surface area contributed by atoms with E-state index in [1.807, 2.05) is 24.3 Å². The van der Waals surface area contributed by atoms with Gasteiger partial charge in [-0.25, -0.2) is 4.98 Å². The van der Waals surface area contributed by atoms with Crippen LogP contribution in [0.2, 0.25) is 0 Å². The summed E-state index contributed by atoms with van der Waals surface area (Å²) in [6.07, 6.45) is 3.60. The Balaban J connectivity index is 1.65. The highest BCUT2D eigenvalue weighted by Crippen LogP contribution is 2.38. The third-order valence-corrected chi connectivity index (χ3v) is 7.64. The first-order chi connectivity index (χ1) is 21.8. The minimum Gasteiger partial charge on any atom is -0.354 e. The molecule has 0 spiro atoms. The standard InChI is InChI=1S/C33H20N6O6/c40-37(41)22-7-1-4-19(16-22)31-25-10-12-27(34-25)32(20-5-2-8-23(17-20)38(42)43)29-14-15-30(36-29)33(28-13-11-26(31)35-28)21-6-3-9-24(18-21)39(44)45/h1-18,34-35H. The number of nitrogens with zero attached hydrogens (tertiary/aromatic N) is 4. The summed E-state index contributed by atoms with van der Waals surface area (Å²) < 4.78 is 0. The number of fused-ring (bicyclic) bond motifs is 6. The van der Waals surface area contributed by atoms with E-state index >= 15 is 0 Å². The molecule has 0 atom stereocenters. The fourth-order valence-corrected chi connectivity index (χ4v) is 5.68. The van der Waals surface area contributed by atoms with Crippen molar-refractivity contribution in [3.05, 3.63) is 139 Å². The van der Waals surface area contributed by atoms with E-state index in [4.69, 9.17) is 4.98 Å². The first kappa shape index (κ1) is 27.2. The van der Waals surface area contributed by atoms with E-state index in [9.17, 15) is 30.3 Å². The van der Waals surface area contributed by atoms with Gasteiger partial charge < -0.3 is 9.97 Å². The number of H-pyrrole nitrogens is 2. The van der Waals surface area contributed by atoms with Crippen LogP contribution in [0, 0.1) is 30.3 Å². The molecule has 2 N–H and O–H groups in total. The van der Waals surface area contributed by atoms with Crippen LogP contribution in [0.15, 0.2) is 97.1 Å². The number of non-ortho nitro benzene ring substituents is 3. The van der Waals surface area contributed by atoms with Gasteiger partial charge in [-0.05, 0) is 53.1 Å². The molecular formula is C33H20N6O6. The van der Waals surface area contributed by atoms with Crippen molar-refractivity contribution in [2.24, 2.45) is 0 Å². The quantitative estimate of drug-likeness (QED) is 0.143. The number of rotatable bonds is 6. The molecule has 6 bridgehead atoms. The molecule has 1 aliphatic heterocycles. The summed E-state index contributed by atoms with van der Waals surface area (Å²) in [5, 5.41) is 35.0. The summed E-state index contributed by atoms with van der Waals surface area (Å²) in [4.78, 5) is 45.5. The van der Waals surface area contributed by atoms with Gasteiger partial charge in [0.2, 0.25) is 0 Å². The lowest BCUT2D eigenvalue weighted by Crippen LogP contribution is -1.92. The van der Waals surface area contributed by atoms with Gasteiger partial charge in [0.1, 0.15) is 0 Å². The molecule has 0 saturated carbocycles. The number of nitro groups is 3. The van der Waals surface area contributed by atoms with Crippen LogP contribution >= 0.6 is 0 Å². The molecule has 6 aromatic rings. The van der Waals surface area contributed by atoms with Gasteiger partial charge in [-0.2, -0.15) is 0 Å². The summed E-state index contributed by atoms with van der Waals surface area (Å²) in [5.41, 5.74) is 6.77. The summed E-state index contributed by atoms with van der Waals surface area (Å²) in [6, 6.07) is 26.1. The SMILES string of the molecule is O=[N+]([O-])c1cccc(-c2c3nc(c(-c4cccc([N+](=O)[O-])c4)c4ccc([nH]4)c(-c4cccc([N+](=O)[O-])c4)c4ccc2[nH]4)C=C3)c1. The second-order valence-corrected chi connectivity index (χ2v) is 10.3. The number of nitrogens with one attached hydrogen (secondary N) is 2. The molecule has 218 valence electrons. The second kappa shape index (κ2) is 10.5. The van der Waals surface area contributed by atoms with E-state index in [-0.39, 0.29) is 17.1 Å². The molecule has 12 nitrogen and oxygen atoms in total. The van der Waals surface area contributed by atoms with Crippen molar-refractivity contribution >= 4 is 51.3 Å². The van der Waals surface area contributed by atoms with E-state index < -0.39 is 14.8 Å². The average molecular weight is 597 g/mol. The van der Waals surface area contributed by atoms with E-state index in [2.05, 4.69) is 9.97 Å². The van der Waals surface area contributed by atoms with Crippen LogP contribution in [0.5, 0.6) is 0 Å². The molecule has 0 amide bonds. The molecule has 45 heavy (non-hydrogen) atoms. The zero-order valence-corrected chi connectivity index (χ0v) is 23.1. The van der Waals surface area contributed by atoms with Gasteiger partial charge in [-0.1, -0.05) is 36.4 Å². The molecule has 3 aromatic heterocycles. The van der Waals surface area contributed by atoms with Crippen molar-refractivity contribution in [3.8, 4) is 33.4 Å². The maximum Gasteiger partial charge on any atom is 0.270 e. The van der Waals surface area contributed by atoms with Gasteiger partial charge in [0.15, 0.2) is 0 Å². The Morgan fingerprint density at radius 1 is 0.467 bits per heavy atom. The van der Waals surface area contributed by atoms with Gasteiger partial charge in [0, 0.05) is 75.2 Å². The van der Waals surface area contributed by atoms with Gasteiger partial charge in [-0.15, -0.1) is 0 Å². The highest BCUT2D eigenvalue weighted by Gasteiger charge is 2.20. The summed E-state index contributed by atoms with van der Waals surface area (Å²) >= 11 is 0. The first-order valence-electron chi connectivity index (χ1n) is 13.7. The minimum atomic E-state index is -0.464. The Morgan fingerprint density at radius 2 is 0.800 bits per heavy atom. The van der Waals surface area contributed by atoms with E-state index in [0.717, 1.165) is 0 Å². The predicted molar refractivity (Wildman–Crippen MR) is 171 cm³/mol. The molecule has 0 saturated heterocycles. The van der Waals surface area contributed by atoms with Crippen molar-refractivity contribution in [1.29, 1.82) is 0 Å². The maximum absolute atomic E-state index is 11.7. The topological polar surface area (TPSA) is 174 Å². The maximum atomic E-state index is 11.7. The molecule has 4 heterocycles. The highest BCUT2D eigenvalue weighted by molar-refractivity contribution is 6.00. The fraction of sp³-hybridized carbons (Fsp3) is 0. The molecular weight excluding hydrogens is 576 g/mol. The molecule has 0 aliphatic carbocycles. The third-order valence-electron chi connectivity index (χ3n) is 7.64. The normalized spacial score (nSPS) is 11.6. The fourth-order valence-electron chi connectivity index (χ4n) is 5.68. The van der Waals surface area contributed by atoms with Crippen molar-refractivity contribution in [2.75, 3.05) is 0 Å². The van der Waals surface area contributed by atoms with Crippen LogP contribution < -0.4 is 0 Å². The van der Waals surface area contributed by atoms with Crippen LogP contribution in [0.1, 0.15) is 11.4 Å². The van der Waals surface area contributed by atoms with Gasteiger partial charge in [-0.3, -0.25) is 30.3 Å². The first-order valence-corrected chi connectivity index (χ1v) is 13.7. The molecule has 12 heteroatoms. The van der Waals surface area contributed by atoms with Crippen molar-refractivity contribution in [3.63, 3.8) is 0 Å². The van der Waals surface area contributed by atoms with Crippen LogP contribution in [0.4, 0.5) is 17.1 Å². The van der Waals surface area contributed by atoms with Crippen molar-refractivity contribution in [1.82, 2.24) is 15.0 Å². The second-order valence-electron chi connectivity index (χ2n) is 10.3. The number of hydrogen-bond donors (Lipinski definition) is 2. The Hall–Kier alpha value is -6.69. The zero-order valence-electron chi connectivity index (χ0n) is 23.1. The van der Waals surface area contributed by atoms with Crippen LogP contribution in [0.3, 0.4) is 0 Å². The van der Waals surface area contributed by atoms with Crippen LogP contribution in [0.25, 0.3) is 67.6 Å².